The van der Waals surface area contributed by atoms with Gasteiger partial charge in [-0.25, -0.2) is 0 Å². The normalized spacial score (nSPS) is 13.1. The predicted molar refractivity (Wildman–Crippen MR) is 82.0 cm³/mol. The molecule has 0 N–H and O–H groups in total. The standard InChI is InChI=1S/C15H20BrNO3/c1-2-3-7-17(8-6-16)15(18)12-4-5-13-14(11-12)20-10-9-19-13/h4-5,11H,2-3,6-10H2,1H3. The zero-order chi connectivity index (χ0) is 14.4. The highest BCUT2D eigenvalue weighted by atomic mass is 79.9. The summed E-state index contributed by atoms with van der Waals surface area (Å²) in [5.74, 6) is 1.43. The van der Waals surface area contributed by atoms with Crippen molar-refractivity contribution in [1.82, 2.24) is 4.90 Å². The molecule has 0 saturated heterocycles. The van der Waals surface area contributed by atoms with E-state index >= 15 is 0 Å². The van der Waals surface area contributed by atoms with Crippen molar-refractivity contribution in [2.24, 2.45) is 0 Å². The maximum atomic E-state index is 12.5. The molecule has 1 heterocycles. The third-order valence-corrected chi connectivity index (χ3v) is 3.57. The summed E-state index contributed by atoms with van der Waals surface area (Å²) >= 11 is 3.40. The summed E-state index contributed by atoms with van der Waals surface area (Å²) < 4.78 is 11.0. The van der Waals surface area contributed by atoms with Gasteiger partial charge in [0.05, 0.1) is 0 Å². The number of fused-ring (bicyclic) bond motifs is 1. The number of nitrogens with zero attached hydrogens (tertiary/aromatic N) is 1. The minimum atomic E-state index is 0.0508. The highest BCUT2D eigenvalue weighted by Gasteiger charge is 2.18. The maximum absolute atomic E-state index is 12.5. The van der Waals surface area contributed by atoms with E-state index in [-0.39, 0.29) is 5.91 Å². The van der Waals surface area contributed by atoms with E-state index in [4.69, 9.17) is 9.47 Å². The van der Waals surface area contributed by atoms with E-state index in [1.54, 1.807) is 6.07 Å². The van der Waals surface area contributed by atoms with E-state index in [9.17, 15) is 4.79 Å². The van der Waals surface area contributed by atoms with Gasteiger partial charge in [0, 0.05) is 24.0 Å². The highest BCUT2D eigenvalue weighted by Crippen LogP contribution is 2.31. The van der Waals surface area contributed by atoms with Gasteiger partial charge in [-0.3, -0.25) is 4.79 Å². The minimum absolute atomic E-state index is 0.0508. The number of carbonyl (C=O) groups excluding carboxylic acids is 1. The molecule has 110 valence electrons. The lowest BCUT2D eigenvalue weighted by molar-refractivity contribution is 0.0763. The van der Waals surface area contributed by atoms with Crippen molar-refractivity contribution in [3.63, 3.8) is 0 Å². The van der Waals surface area contributed by atoms with Crippen LogP contribution >= 0.6 is 15.9 Å². The summed E-state index contributed by atoms with van der Waals surface area (Å²) in [6.45, 7) is 4.72. The number of ether oxygens (including phenoxy) is 2. The second-order valence-corrected chi connectivity index (χ2v) is 5.49. The van der Waals surface area contributed by atoms with Crippen LogP contribution in [0.1, 0.15) is 30.1 Å². The topological polar surface area (TPSA) is 38.8 Å². The number of hydrogen-bond donors (Lipinski definition) is 0. The number of unbranched alkanes of at least 4 members (excludes halogenated alkanes) is 1. The van der Waals surface area contributed by atoms with E-state index in [1.807, 2.05) is 17.0 Å². The Morgan fingerprint density at radius 3 is 2.70 bits per heavy atom. The fourth-order valence-electron chi connectivity index (χ4n) is 2.12. The van der Waals surface area contributed by atoms with Gasteiger partial charge < -0.3 is 14.4 Å². The Hall–Kier alpha value is -1.23. The van der Waals surface area contributed by atoms with Crippen LogP contribution in [0, 0.1) is 0 Å². The molecule has 0 bridgehead atoms. The Labute approximate surface area is 128 Å². The molecule has 1 aromatic carbocycles. The van der Waals surface area contributed by atoms with E-state index in [0.717, 1.165) is 24.7 Å². The van der Waals surface area contributed by atoms with Crippen molar-refractivity contribution in [2.75, 3.05) is 31.6 Å². The van der Waals surface area contributed by atoms with Crippen LogP contribution in [-0.4, -0.2) is 42.4 Å². The molecule has 0 atom stereocenters. The molecule has 1 aliphatic rings. The van der Waals surface area contributed by atoms with Gasteiger partial charge in [-0.2, -0.15) is 0 Å². The van der Waals surface area contributed by atoms with E-state index in [0.29, 0.717) is 36.8 Å². The molecule has 1 aromatic rings. The average Bonchev–Trinajstić information content (AvgIpc) is 2.50. The number of amides is 1. The van der Waals surface area contributed by atoms with E-state index in [1.165, 1.54) is 0 Å². The minimum Gasteiger partial charge on any atom is -0.486 e. The molecule has 4 nitrogen and oxygen atoms in total. The van der Waals surface area contributed by atoms with Gasteiger partial charge in [-0.05, 0) is 24.6 Å². The Morgan fingerprint density at radius 2 is 2.00 bits per heavy atom. The fourth-order valence-corrected chi connectivity index (χ4v) is 2.55. The Bertz CT molecular complexity index is 464. The molecule has 0 fully saturated rings. The zero-order valence-corrected chi connectivity index (χ0v) is 13.3. The van der Waals surface area contributed by atoms with Gasteiger partial charge in [-0.15, -0.1) is 0 Å². The molecule has 5 heteroatoms. The van der Waals surface area contributed by atoms with Gasteiger partial charge in [0.15, 0.2) is 11.5 Å². The lowest BCUT2D eigenvalue weighted by Gasteiger charge is -2.23. The summed E-state index contributed by atoms with van der Waals surface area (Å²) in [6.07, 6.45) is 2.09. The van der Waals surface area contributed by atoms with Crippen LogP contribution < -0.4 is 9.47 Å². The van der Waals surface area contributed by atoms with Crippen LogP contribution in [0.4, 0.5) is 0 Å². The van der Waals surface area contributed by atoms with Crippen LogP contribution in [0.3, 0.4) is 0 Å². The van der Waals surface area contributed by atoms with Crippen LogP contribution in [0.25, 0.3) is 0 Å². The van der Waals surface area contributed by atoms with Crippen molar-refractivity contribution in [1.29, 1.82) is 0 Å². The van der Waals surface area contributed by atoms with Crippen LogP contribution in [0.5, 0.6) is 11.5 Å². The van der Waals surface area contributed by atoms with Crippen molar-refractivity contribution >= 4 is 21.8 Å². The van der Waals surface area contributed by atoms with Gasteiger partial charge in [-0.1, -0.05) is 29.3 Å². The molecule has 0 radical (unpaired) electrons. The molecular formula is C15H20BrNO3. The van der Waals surface area contributed by atoms with Crippen LogP contribution in [0.15, 0.2) is 18.2 Å². The van der Waals surface area contributed by atoms with Gasteiger partial charge in [0.25, 0.3) is 5.91 Å². The Balaban J connectivity index is 2.13. The first kappa shape index (κ1) is 15.2. The molecule has 20 heavy (non-hydrogen) atoms. The number of hydrogen-bond acceptors (Lipinski definition) is 3. The fraction of sp³-hybridized carbons (Fsp3) is 0.533. The second kappa shape index (κ2) is 7.53. The molecular weight excluding hydrogens is 322 g/mol. The summed E-state index contributed by atoms with van der Waals surface area (Å²) in [4.78, 5) is 14.4. The second-order valence-electron chi connectivity index (χ2n) is 4.69. The van der Waals surface area contributed by atoms with Gasteiger partial charge in [0.1, 0.15) is 13.2 Å². The number of alkyl halides is 1. The molecule has 0 unspecified atom stereocenters. The third kappa shape index (κ3) is 3.66. The molecule has 0 spiro atoms. The number of carbonyl (C=O) groups is 1. The monoisotopic (exact) mass is 341 g/mol. The third-order valence-electron chi connectivity index (χ3n) is 3.21. The van der Waals surface area contributed by atoms with Crippen LogP contribution in [0.2, 0.25) is 0 Å². The molecule has 0 aliphatic carbocycles. The lowest BCUT2D eigenvalue weighted by Crippen LogP contribution is -2.33. The first-order valence-electron chi connectivity index (χ1n) is 7.01. The molecule has 0 saturated carbocycles. The van der Waals surface area contributed by atoms with E-state index < -0.39 is 0 Å². The summed E-state index contributed by atoms with van der Waals surface area (Å²) in [5, 5.41) is 0.785. The smallest absolute Gasteiger partial charge is 0.254 e. The lowest BCUT2D eigenvalue weighted by atomic mass is 10.1. The predicted octanol–water partition coefficient (Wildman–Crippen LogP) is 3.10. The molecule has 2 rings (SSSR count). The largest absolute Gasteiger partial charge is 0.486 e. The average molecular weight is 342 g/mol. The first-order valence-corrected chi connectivity index (χ1v) is 8.13. The molecule has 1 aliphatic heterocycles. The van der Waals surface area contributed by atoms with Gasteiger partial charge >= 0.3 is 0 Å². The van der Waals surface area contributed by atoms with Crippen LogP contribution in [-0.2, 0) is 0 Å². The summed E-state index contributed by atoms with van der Waals surface area (Å²) in [5.41, 5.74) is 0.659. The summed E-state index contributed by atoms with van der Waals surface area (Å²) in [6, 6.07) is 5.40. The Kier molecular flexibility index (Phi) is 5.71. The zero-order valence-electron chi connectivity index (χ0n) is 11.7. The maximum Gasteiger partial charge on any atom is 0.254 e. The summed E-state index contributed by atoms with van der Waals surface area (Å²) in [7, 11) is 0. The van der Waals surface area contributed by atoms with Crippen molar-refractivity contribution in [3.8, 4) is 11.5 Å². The molecule has 0 aromatic heterocycles. The van der Waals surface area contributed by atoms with Crippen molar-refractivity contribution < 1.29 is 14.3 Å². The Morgan fingerprint density at radius 1 is 1.25 bits per heavy atom. The number of benzene rings is 1. The number of halogens is 1. The molecule has 1 amide bonds. The van der Waals surface area contributed by atoms with Crippen molar-refractivity contribution in [3.05, 3.63) is 23.8 Å². The number of rotatable bonds is 6. The van der Waals surface area contributed by atoms with Gasteiger partial charge in [0.2, 0.25) is 0 Å². The van der Waals surface area contributed by atoms with E-state index in [2.05, 4.69) is 22.9 Å². The highest BCUT2D eigenvalue weighted by molar-refractivity contribution is 9.09. The SMILES string of the molecule is CCCCN(CCBr)C(=O)c1ccc2c(c1)OCCO2. The quantitative estimate of drug-likeness (QED) is 0.746. The first-order chi connectivity index (χ1) is 9.76. The van der Waals surface area contributed by atoms with Crippen molar-refractivity contribution in [2.45, 2.75) is 19.8 Å².